The second-order valence-corrected chi connectivity index (χ2v) is 7.17. The molecule has 0 radical (unpaired) electrons. The van der Waals surface area contributed by atoms with Gasteiger partial charge in [-0.3, -0.25) is 20.2 Å². The molecule has 1 aliphatic carbocycles. The van der Waals surface area contributed by atoms with E-state index in [-0.39, 0.29) is 34.2 Å². The van der Waals surface area contributed by atoms with Gasteiger partial charge in [-0.25, -0.2) is 0 Å². The lowest BCUT2D eigenvalue weighted by atomic mass is 9.74. The van der Waals surface area contributed by atoms with Crippen LogP contribution in [0.1, 0.15) is 40.6 Å². The SMILES string of the molecule is Cc1cc([N+](=O)[O-])c2c(c1C)[C@@H]1C=CC[C@H]1[C@@H](c1ccccc1[N+](=O)[O-])N2. The number of nitrogens with zero attached hydrogens (tertiary/aromatic N) is 2. The van der Waals surface area contributed by atoms with Crippen molar-refractivity contribution >= 4 is 17.1 Å². The molecule has 1 N–H and O–H groups in total. The summed E-state index contributed by atoms with van der Waals surface area (Å²) < 4.78 is 0. The lowest BCUT2D eigenvalue weighted by molar-refractivity contribution is -0.386. The molecule has 0 saturated carbocycles. The van der Waals surface area contributed by atoms with Crippen LogP contribution in [0.5, 0.6) is 0 Å². The summed E-state index contributed by atoms with van der Waals surface area (Å²) in [5.41, 5.74) is 3.97. The molecule has 2 aromatic carbocycles. The lowest BCUT2D eigenvalue weighted by Crippen LogP contribution is -2.31. The Balaban J connectivity index is 1.94. The molecule has 2 aromatic rings. The van der Waals surface area contributed by atoms with E-state index in [1.807, 2.05) is 13.8 Å². The first-order chi connectivity index (χ1) is 12.9. The standard InChI is InChI=1S/C20H19N3O4/c1-11-10-17(23(26)27)20-18(12(11)2)13-7-5-8-14(13)19(21-20)15-6-3-4-9-16(15)22(24)25/h3-7,9-10,13-14,19,21H,8H2,1-2H3/t13-,14-,19+/m1/s1. The van der Waals surface area contributed by atoms with E-state index in [1.165, 1.54) is 6.07 Å². The van der Waals surface area contributed by atoms with E-state index in [0.29, 0.717) is 11.3 Å². The summed E-state index contributed by atoms with van der Waals surface area (Å²) in [6.45, 7) is 3.86. The van der Waals surface area contributed by atoms with Crippen LogP contribution in [-0.4, -0.2) is 9.85 Å². The predicted octanol–water partition coefficient (Wildman–Crippen LogP) is 4.95. The van der Waals surface area contributed by atoms with Gasteiger partial charge in [-0.15, -0.1) is 0 Å². The van der Waals surface area contributed by atoms with Crippen molar-refractivity contribution in [3.63, 3.8) is 0 Å². The number of aryl methyl sites for hydroxylation is 1. The highest BCUT2D eigenvalue weighted by Crippen LogP contribution is 2.54. The van der Waals surface area contributed by atoms with E-state index in [9.17, 15) is 20.2 Å². The molecule has 0 bridgehead atoms. The molecule has 1 heterocycles. The zero-order chi connectivity index (χ0) is 19.3. The molecule has 0 fully saturated rings. The van der Waals surface area contributed by atoms with Crippen LogP contribution in [0.15, 0.2) is 42.5 Å². The van der Waals surface area contributed by atoms with E-state index >= 15 is 0 Å². The van der Waals surface area contributed by atoms with Crippen molar-refractivity contribution in [3.05, 3.63) is 85.0 Å². The van der Waals surface area contributed by atoms with E-state index in [0.717, 1.165) is 23.1 Å². The van der Waals surface area contributed by atoms with Crippen molar-refractivity contribution in [1.29, 1.82) is 0 Å². The average molecular weight is 365 g/mol. The lowest BCUT2D eigenvalue weighted by Gasteiger charge is -2.38. The summed E-state index contributed by atoms with van der Waals surface area (Å²) >= 11 is 0. The van der Waals surface area contributed by atoms with Gasteiger partial charge in [0.25, 0.3) is 11.4 Å². The van der Waals surface area contributed by atoms with Crippen LogP contribution in [0.3, 0.4) is 0 Å². The maximum absolute atomic E-state index is 11.7. The molecular weight excluding hydrogens is 346 g/mol. The van der Waals surface area contributed by atoms with Gasteiger partial charge in [0.05, 0.1) is 21.5 Å². The fourth-order valence-corrected chi connectivity index (χ4v) is 4.45. The summed E-state index contributed by atoms with van der Waals surface area (Å²) in [4.78, 5) is 22.4. The van der Waals surface area contributed by atoms with Crippen LogP contribution in [0.2, 0.25) is 0 Å². The molecule has 7 nitrogen and oxygen atoms in total. The summed E-state index contributed by atoms with van der Waals surface area (Å²) in [5.74, 6) is 0.0864. The minimum Gasteiger partial charge on any atom is -0.372 e. The summed E-state index contributed by atoms with van der Waals surface area (Å²) in [6, 6.07) is 7.85. The largest absolute Gasteiger partial charge is 0.372 e. The van der Waals surface area contributed by atoms with Crippen molar-refractivity contribution < 1.29 is 9.85 Å². The zero-order valence-electron chi connectivity index (χ0n) is 15.0. The molecule has 4 rings (SSSR count). The molecule has 0 spiro atoms. The Morgan fingerprint density at radius 1 is 1.07 bits per heavy atom. The number of anilines is 1. The van der Waals surface area contributed by atoms with Crippen LogP contribution in [0, 0.1) is 40.0 Å². The Morgan fingerprint density at radius 3 is 2.48 bits per heavy atom. The molecule has 0 aromatic heterocycles. The summed E-state index contributed by atoms with van der Waals surface area (Å²) in [6.07, 6.45) is 4.93. The minimum absolute atomic E-state index is 0.00432. The smallest absolute Gasteiger partial charge is 0.292 e. The van der Waals surface area contributed by atoms with Crippen molar-refractivity contribution in [1.82, 2.24) is 0 Å². The van der Waals surface area contributed by atoms with Gasteiger partial charge in [-0.1, -0.05) is 30.4 Å². The Bertz CT molecular complexity index is 999. The second kappa shape index (κ2) is 6.19. The first-order valence-electron chi connectivity index (χ1n) is 8.85. The number of hydrogen-bond acceptors (Lipinski definition) is 5. The topological polar surface area (TPSA) is 98.3 Å². The molecule has 1 aliphatic heterocycles. The second-order valence-electron chi connectivity index (χ2n) is 7.17. The monoisotopic (exact) mass is 365 g/mol. The van der Waals surface area contributed by atoms with Gasteiger partial charge in [0.15, 0.2) is 0 Å². The normalized spacial score (nSPS) is 22.7. The molecule has 138 valence electrons. The number of fused-ring (bicyclic) bond motifs is 3. The fourth-order valence-electron chi connectivity index (χ4n) is 4.45. The Morgan fingerprint density at radius 2 is 1.78 bits per heavy atom. The van der Waals surface area contributed by atoms with Crippen molar-refractivity contribution in [3.8, 4) is 0 Å². The number of hydrogen-bond donors (Lipinski definition) is 1. The Kier molecular flexibility index (Phi) is 3.95. The van der Waals surface area contributed by atoms with Gasteiger partial charge in [0, 0.05) is 18.1 Å². The first-order valence-corrected chi connectivity index (χ1v) is 8.85. The summed E-state index contributed by atoms with van der Waals surface area (Å²) in [5, 5.41) is 26.5. The van der Waals surface area contributed by atoms with Crippen LogP contribution in [0.4, 0.5) is 17.1 Å². The molecule has 27 heavy (non-hydrogen) atoms. The third kappa shape index (κ3) is 2.58. The number of para-hydroxylation sites is 1. The van der Waals surface area contributed by atoms with Gasteiger partial charge in [0.2, 0.25) is 0 Å². The summed E-state index contributed by atoms with van der Waals surface area (Å²) in [7, 11) is 0. The highest BCUT2D eigenvalue weighted by Gasteiger charge is 2.43. The van der Waals surface area contributed by atoms with Gasteiger partial charge < -0.3 is 5.32 Å². The number of nitrogens with one attached hydrogen (secondary N) is 1. The minimum atomic E-state index is -0.390. The van der Waals surface area contributed by atoms with Crippen LogP contribution >= 0.6 is 0 Å². The van der Waals surface area contributed by atoms with Crippen LogP contribution in [-0.2, 0) is 0 Å². The highest BCUT2D eigenvalue weighted by atomic mass is 16.6. The quantitative estimate of drug-likeness (QED) is 0.471. The van der Waals surface area contributed by atoms with Crippen molar-refractivity contribution in [2.24, 2.45) is 5.92 Å². The van der Waals surface area contributed by atoms with E-state index in [4.69, 9.17) is 0 Å². The van der Waals surface area contributed by atoms with Crippen molar-refractivity contribution in [2.45, 2.75) is 32.2 Å². The number of nitro benzene ring substituents is 2. The number of allylic oxidation sites excluding steroid dienone is 2. The van der Waals surface area contributed by atoms with E-state index in [2.05, 4.69) is 17.5 Å². The number of nitro groups is 2. The maximum Gasteiger partial charge on any atom is 0.292 e. The number of rotatable bonds is 3. The first kappa shape index (κ1) is 17.2. The zero-order valence-corrected chi connectivity index (χ0v) is 15.0. The van der Waals surface area contributed by atoms with Gasteiger partial charge >= 0.3 is 0 Å². The predicted molar refractivity (Wildman–Crippen MR) is 102 cm³/mol. The van der Waals surface area contributed by atoms with Crippen molar-refractivity contribution in [2.75, 3.05) is 5.32 Å². The van der Waals surface area contributed by atoms with Crippen LogP contribution < -0.4 is 5.32 Å². The van der Waals surface area contributed by atoms with E-state index in [1.54, 1.807) is 24.3 Å². The average Bonchev–Trinajstić information content (AvgIpc) is 3.13. The molecule has 7 heteroatoms. The maximum atomic E-state index is 11.7. The molecular formula is C20H19N3O4. The fraction of sp³-hybridized carbons (Fsp3) is 0.300. The highest BCUT2D eigenvalue weighted by molar-refractivity contribution is 5.74. The third-order valence-corrected chi connectivity index (χ3v) is 5.81. The van der Waals surface area contributed by atoms with Gasteiger partial charge in [0.1, 0.15) is 5.69 Å². The Hall–Kier alpha value is -3.22. The molecule has 2 aliphatic rings. The molecule has 0 unspecified atom stereocenters. The van der Waals surface area contributed by atoms with Gasteiger partial charge in [-0.05, 0) is 42.9 Å². The number of benzene rings is 2. The third-order valence-electron chi connectivity index (χ3n) is 5.81. The van der Waals surface area contributed by atoms with Crippen LogP contribution in [0.25, 0.3) is 0 Å². The van der Waals surface area contributed by atoms with Gasteiger partial charge in [-0.2, -0.15) is 0 Å². The molecule has 0 saturated heterocycles. The Labute approximate surface area is 156 Å². The molecule has 3 atom stereocenters. The molecule has 0 amide bonds. The van der Waals surface area contributed by atoms with E-state index < -0.39 is 4.92 Å².